The highest BCUT2D eigenvalue weighted by atomic mass is 19.4. The molecule has 2 aromatic carbocycles. The highest BCUT2D eigenvalue weighted by molar-refractivity contribution is 6.04. The average molecular weight is 432 g/mol. The summed E-state index contributed by atoms with van der Waals surface area (Å²) in [5, 5.41) is 17.4. The standard InChI is InChI=1S/C22H19F3N2O4/c1-12-18-15(20(30)31-27-12)6-3-7-16(18)26-19(29)17(28)11-21(8-9-21)13-4-2-5-14(10-13)22(23,24)25/h2-7,10,17,28H,8-9,11H2,1H3,(H,26,29). The number of rotatable bonds is 5. The van der Waals surface area contributed by atoms with Crippen molar-refractivity contribution in [1.82, 2.24) is 5.16 Å². The lowest BCUT2D eigenvalue weighted by atomic mass is 9.88. The third kappa shape index (κ3) is 4.05. The molecule has 162 valence electrons. The molecular formula is C22H19F3N2O4. The first-order valence-corrected chi connectivity index (χ1v) is 9.67. The van der Waals surface area contributed by atoms with E-state index in [0.29, 0.717) is 35.2 Å². The molecule has 0 bridgehead atoms. The highest BCUT2D eigenvalue weighted by Gasteiger charge is 2.47. The van der Waals surface area contributed by atoms with Gasteiger partial charge >= 0.3 is 11.8 Å². The molecule has 1 aromatic heterocycles. The molecular weight excluding hydrogens is 413 g/mol. The fourth-order valence-electron chi connectivity index (χ4n) is 3.89. The molecule has 1 unspecified atom stereocenters. The van der Waals surface area contributed by atoms with Gasteiger partial charge in [-0.25, -0.2) is 4.79 Å². The van der Waals surface area contributed by atoms with Gasteiger partial charge in [0, 0.05) is 5.39 Å². The Bertz CT molecular complexity index is 1220. The van der Waals surface area contributed by atoms with Gasteiger partial charge in [-0.3, -0.25) is 4.79 Å². The number of halogens is 3. The van der Waals surface area contributed by atoms with Crippen LogP contribution >= 0.6 is 0 Å². The van der Waals surface area contributed by atoms with Crippen LogP contribution in [-0.4, -0.2) is 22.3 Å². The second-order valence-electron chi connectivity index (χ2n) is 7.85. The van der Waals surface area contributed by atoms with Gasteiger partial charge in [-0.15, -0.1) is 0 Å². The Labute approximate surface area is 174 Å². The van der Waals surface area contributed by atoms with Gasteiger partial charge in [0.2, 0.25) is 0 Å². The van der Waals surface area contributed by atoms with Crippen LogP contribution in [0.25, 0.3) is 10.8 Å². The molecule has 1 atom stereocenters. The Balaban J connectivity index is 1.55. The van der Waals surface area contributed by atoms with Crippen molar-refractivity contribution in [3.05, 3.63) is 69.7 Å². The molecule has 1 heterocycles. The van der Waals surface area contributed by atoms with E-state index in [0.717, 1.165) is 12.1 Å². The van der Waals surface area contributed by atoms with Crippen molar-refractivity contribution < 1.29 is 27.6 Å². The van der Waals surface area contributed by atoms with Crippen LogP contribution in [0, 0.1) is 6.92 Å². The molecule has 0 saturated heterocycles. The van der Waals surface area contributed by atoms with Crippen LogP contribution in [0.3, 0.4) is 0 Å². The van der Waals surface area contributed by atoms with Gasteiger partial charge in [0.05, 0.1) is 22.3 Å². The molecule has 0 spiro atoms. The van der Waals surface area contributed by atoms with E-state index < -0.39 is 34.8 Å². The van der Waals surface area contributed by atoms with Crippen molar-refractivity contribution in [1.29, 1.82) is 0 Å². The monoisotopic (exact) mass is 432 g/mol. The van der Waals surface area contributed by atoms with E-state index in [9.17, 15) is 27.9 Å². The maximum atomic E-state index is 13.1. The quantitative estimate of drug-likeness (QED) is 0.637. The van der Waals surface area contributed by atoms with Crippen LogP contribution in [0.1, 0.15) is 36.1 Å². The number of nitrogens with one attached hydrogen (secondary N) is 1. The topological polar surface area (TPSA) is 92.4 Å². The maximum absolute atomic E-state index is 13.1. The summed E-state index contributed by atoms with van der Waals surface area (Å²) >= 11 is 0. The Hall–Kier alpha value is -3.20. The molecule has 0 radical (unpaired) electrons. The number of carbonyl (C=O) groups is 1. The van der Waals surface area contributed by atoms with Gasteiger partial charge in [0.25, 0.3) is 5.91 Å². The average Bonchev–Trinajstić information content (AvgIpc) is 3.51. The Morgan fingerprint density at radius 3 is 2.65 bits per heavy atom. The minimum Gasteiger partial charge on any atom is -0.383 e. The molecule has 31 heavy (non-hydrogen) atoms. The van der Waals surface area contributed by atoms with Crippen LogP contribution in [0.15, 0.2) is 51.8 Å². The third-order valence-corrected chi connectivity index (χ3v) is 5.71. The summed E-state index contributed by atoms with van der Waals surface area (Å²) < 4.78 is 43.8. The van der Waals surface area contributed by atoms with E-state index in [1.165, 1.54) is 12.1 Å². The number of anilines is 1. The molecule has 1 saturated carbocycles. The summed E-state index contributed by atoms with van der Waals surface area (Å²) in [4.78, 5) is 24.5. The summed E-state index contributed by atoms with van der Waals surface area (Å²) in [6.07, 6.45) is -4.76. The number of aliphatic hydroxyl groups excluding tert-OH is 1. The lowest BCUT2D eigenvalue weighted by molar-refractivity contribution is -0.137. The number of carbonyl (C=O) groups excluding carboxylic acids is 1. The first-order chi connectivity index (χ1) is 14.6. The zero-order chi connectivity index (χ0) is 22.4. The normalized spacial score (nSPS) is 16.2. The van der Waals surface area contributed by atoms with E-state index >= 15 is 0 Å². The number of fused-ring (bicyclic) bond motifs is 1. The maximum Gasteiger partial charge on any atom is 0.416 e. The number of benzene rings is 2. The van der Waals surface area contributed by atoms with Crippen molar-refractivity contribution in [2.75, 3.05) is 5.32 Å². The molecule has 1 amide bonds. The van der Waals surface area contributed by atoms with E-state index in [4.69, 9.17) is 0 Å². The zero-order valence-corrected chi connectivity index (χ0v) is 16.5. The smallest absolute Gasteiger partial charge is 0.383 e. The minimum absolute atomic E-state index is 0.00964. The zero-order valence-electron chi connectivity index (χ0n) is 16.5. The fourth-order valence-corrected chi connectivity index (χ4v) is 3.89. The third-order valence-electron chi connectivity index (χ3n) is 5.71. The summed E-state index contributed by atoms with van der Waals surface area (Å²) in [5.41, 5.74) is -0.940. The van der Waals surface area contributed by atoms with Crippen LogP contribution in [0.4, 0.5) is 18.9 Å². The summed E-state index contributed by atoms with van der Waals surface area (Å²) in [7, 11) is 0. The van der Waals surface area contributed by atoms with Crippen LogP contribution in [0.5, 0.6) is 0 Å². The molecule has 1 aliphatic carbocycles. The number of hydrogen-bond acceptors (Lipinski definition) is 5. The molecule has 4 rings (SSSR count). The van der Waals surface area contributed by atoms with E-state index in [2.05, 4.69) is 15.0 Å². The molecule has 3 aromatic rings. The number of aromatic nitrogens is 1. The van der Waals surface area contributed by atoms with E-state index in [1.807, 2.05) is 0 Å². The number of nitrogens with zero attached hydrogens (tertiary/aromatic N) is 1. The Morgan fingerprint density at radius 2 is 1.97 bits per heavy atom. The van der Waals surface area contributed by atoms with Gasteiger partial charge < -0.3 is 14.9 Å². The minimum atomic E-state index is -4.46. The van der Waals surface area contributed by atoms with E-state index in [-0.39, 0.29) is 11.8 Å². The van der Waals surface area contributed by atoms with Crippen molar-refractivity contribution in [2.24, 2.45) is 0 Å². The first kappa shape index (κ1) is 21.0. The van der Waals surface area contributed by atoms with Gasteiger partial charge in [0.1, 0.15) is 6.10 Å². The van der Waals surface area contributed by atoms with E-state index in [1.54, 1.807) is 25.1 Å². The second kappa shape index (κ2) is 7.49. The van der Waals surface area contributed by atoms with Crippen molar-refractivity contribution in [3.8, 4) is 0 Å². The number of alkyl halides is 3. The first-order valence-electron chi connectivity index (χ1n) is 9.67. The molecule has 9 heteroatoms. The predicted octanol–water partition coefficient (Wildman–Crippen LogP) is 3.94. The summed E-state index contributed by atoms with van der Waals surface area (Å²) in [5.74, 6) is -0.710. The van der Waals surface area contributed by atoms with Crippen molar-refractivity contribution in [2.45, 2.75) is 43.9 Å². The van der Waals surface area contributed by atoms with Gasteiger partial charge in [0.15, 0.2) is 0 Å². The molecule has 6 nitrogen and oxygen atoms in total. The van der Waals surface area contributed by atoms with Gasteiger partial charge in [-0.2, -0.15) is 13.2 Å². The van der Waals surface area contributed by atoms with Crippen molar-refractivity contribution >= 4 is 22.4 Å². The highest BCUT2D eigenvalue weighted by Crippen LogP contribution is 2.52. The molecule has 1 fully saturated rings. The van der Waals surface area contributed by atoms with Crippen LogP contribution < -0.4 is 10.9 Å². The predicted molar refractivity (Wildman–Crippen MR) is 107 cm³/mol. The van der Waals surface area contributed by atoms with Gasteiger partial charge in [-0.05, 0) is 55.4 Å². The van der Waals surface area contributed by atoms with Crippen LogP contribution in [-0.2, 0) is 16.4 Å². The van der Waals surface area contributed by atoms with Gasteiger partial charge in [-0.1, -0.05) is 29.4 Å². The Morgan fingerprint density at radius 1 is 1.26 bits per heavy atom. The summed E-state index contributed by atoms with van der Waals surface area (Å²) in [6.45, 7) is 1.62. The molecule has 2 N–H and O–H groups in total. The number of hydrogen-bond donors (Lipinski definition) is 2. The fraction of sp³-hybridized carbons (Fsp3) is 0.318. The largest absolute Gasteiger partial charge is 0.416 e. The lowest BCUT2D eigenvalue weighted by Crippen LogP contribution is -2.31. The lowest BCUT2D eigenvalue weighted by Gasteiger charge is -2.21. The van der Waals surface area contributed by atoms with Crippen LogP contribution in [0.2, 0.25) is 0 Å². The van der Waals surface area contributed by atoms with Crippen molar-refractivity contribution in [3.63, 3.8) is 0 Å². The SMILES string of the molecule is Cc1noc(=O)c2cccc(NC(=O)C(O)CC3(c4cccc(C(F)(F)F)c4)CC3)c12. The number of amides is 1. The second-order valence-corrected chi connectivity index (χ2v) is 7.85. The number of aryl methyl sites for hydroxylation is 1. The molecule has 0 aliphatic heterocycles. The number of aliphatic hydroxyl groups is 1. The summed E-state index contributed by atoms with van der Waals surface area (Å²) in [6, 6.07) is 9.67. The molecule has 1 aliphatic rings. The Kier molecular flexibility index (Phi) is 5.09.